The third kappa shape index (κ3) is 2.62. The van der Waals surface area contributed by atoms with Gasteiger partial charge in [-0.25, -0.2) is 9.78 Å². The predicted octanol–water partition coefficient (Wildman–Crippen LogP) is 1.04. The number of rotatable bonds is 1. The molecule has 4 nitrogen and oxygen atoms in total. The number of carbonyl (C=O) groups is 1. The highest BCUT2D eigenvalue weighted by atomic mass is 16.4. The number of hydrogen-bond donors (Lipinski definition) is 1. The third-order valence-corrected chi connectivity index (χ3v) is 1.39. The molecule has 1 aromatic rings. The van der Waals surface area contributed by atoms with Crippen molar-refractivity contribution in [1.82, 2.24) is 4.98 Å². The number of carboxylic acid groups (broad SMARTS) is 1. The second kappa shape index (κ2) is 4.64. The molecule has 0 bridgehead atoms. The maximum atomic E-state index is 10.6. The van der Waals surface area contributed by atoms with Crippen molar-refractivity contribution >= 4 is 5.97 Å². The fourth-order valence-electron chi connectivity index (χ4n) is 0.806. The van der Waals surface area contributed by atoms with Gasteiger partial charge in [0.2, 0.25) is 0 Å². The zero-order chi connectivity index (χ0) is 10.4. The SMILES string of the molecule is N#CCC#Cc1cc(C(=O)O)ccn1. The van der Waals surface area contributed by atoms with Gasteiger partial charge in [-0.15, -0.1) is 0 Å². The second-order valence-corrected chi connectivity index (χ2v) is 2.37. The topological polar surface area (TPSA) is 74.0 Å². The number of nitrogens with zero attached hydrogens (tertiary/aromatic N) is 2. The van der Waals surface area contributed by atoms with E-state index in [1.807, 2.05) is 6.07 Å². The molecule has 0 aliphatic rings. The summed E-state index contributed by atoms with van der Waals surface area (Å²) in [5.74, 6) is 4.13. The Hall–Kier alpha value is -2.33. The van der Waals surface area contributed by atoms with E-state index in [4.69, 9.17) is 10.4 Å². The van der Waals surface area contributed by atoms with E-state index in [0.29, 0.717) is 5.69 Å². The van der Waals surface area contributed by atoms with Gasteiger partial charge < -0.3 is 5.11 Å². The van der Waals surface area contributed by atoms with Crippen molar-refractivity contribution < 1.29 is 9.90 Å². The summed E-state index contributed by atoms with van der Waals surface area (Å²) in [5, 5.41) is 16.9. The number of carboxylic acids is 1. The highest BCUT2D eigenvalue weighted by Crippen LogP contribution is 2.00. The lowest BCUT2D eigenvalue weighted by Crippen LogP contribution is -1.97. The van der Waals surface area contributed by atoms with E-state index in [2.05, 4.69) is 16.8 Å². The Kier molecular flexibility index (Phi) is 3.23. The van der Waals surface area contributed by atoms with Crippen LogP contribution in [0.5, 0.6) is 0 Å². The van der Waals surface area contributed by atoms with Crippen molar-refractivity contribution in [3.8, 4) is 17.9 Å². The second-order valence-electron chi connectivity index (χ2n) is 2.37. The maximum Gasteiger partial charge on any atom is 0.335 e. The smallest absolute Gasteiger partial charge is 0.335 e. The van der Waals surface area contributed by atoms with Gasteiger partial charge in [0.1, 0.15) is 5.69 Å². The van der Waals surface area contributed by atoms with Crippen LogP contribution in [0.3, 0.4) is 0 Å². The zero-order valence-electron chi connectivity index (χ0n) is 7.19. The van der Waals surface area contributed by atoms with Gasteiger partial charge in [0.15, 0.2) is 0 Å². The summed E-state index contributed by atoms with van der Waals surface area (Å²) < 4.78 is 0. The maximum absolute atomic E-state index is 10.6. The van der Waals surface area contributed by atoms with Crippen LogP contribution >= 0.6 is 0 Å². The molecule has 0 saturated carbocycles. The predicted molar refractivity (Wildman–Crippen MR) is 48.3 cm³/mol. The first-order valence-corrected chi connectivity index (χ1v) is 3.79. The first kappa shape index (κ1) is 9.76. The van der Waals surface area contributed by atoms with E-state index in [-0.39, 0.29) is 12.0 Å². The van der Waals surface area contributed by atoms with E-state index in [0.717, 1.165) is 0 Å². The van der Waals surface area contributed by atoms with Crippen LogP contribution in [0.15, 0.2) is 18.3 Å². The Bertz CT molecular complexity index is 449. The van der Waals surface area contributed by atoms with E-state index in [1.54, 1.807) is 0 Å². The molecule has 0 fully saturated rings. The Labute approximate surface area is 80.8 Å². The van der Waals surface area contributed by atoms with Gasteiger partial charge in [-0.05, 0) is 18.1 Å². The lowest BCUT2D eigenvalue weighted by molar-refractivity contribution is 0.0696. The lowest BCUT2D eigenvalue weighted by atomic mass is 10.2. The molecule has 4 heteroatoms. The summed E-state index contributed by atoms with van der Waals surface area (Å²) >= 11 is 0. The summed E-state index contributed by atoms with van der Waals surface area (Å²) in [6.45, 7) is 0. The van der Waals surface area contributed by atoms with Gasteiger partial charge in [-0.2, -0.15) is 5.26 Å². The molecule has 1 N–H and O–H groups in total. The molecule has 0 spiro atoms. The normalized spacial score (nSPS) is 8.21. The van der Waals surface area contributed by atoms with Crippen molar-refractivity contribution in [2.75, 3.05) is 0 Å². The molecule has 68 valence electrons. The average Bonchev–Trinajstić information content (AvgIpc) is 2.19. The van der Waals surface area contributed by atoms with E-state index >= 15 is 0 Å². The molecule has 0 aromatic carbocycles. The molecular weight excluding hydrogens is 180 g/mol. The van der Waals surface area contributed by atoms with Crippen LogP contribution in [-0.4, -0.2) is 16.1 Å². The Morgan fingerprint density at radius 1 is 1.64 bits per heavy atom. The van der Waals surface area contributed by atoms with E-state index in [1.165, 1.54) is 18.3 Å². The summed E-state index contributed by atoms with van der Waals surface area (Å²) in [5.41, 5.74) is 0.501. The molecule has 0 radical (unpaired) electrons. The van der Waals surface area contributed by atoms with Crippen LogP contribution in [0.25, 0.3) is 0 Å². The molecule has 1 heterocycles. The number of hydrogen-bond acceptors (Lipinski definition) is 3. The fraction of sp³-hybridized carbons (Fsp3) is 0.100. The minimum atomic E-state index is -1.02. The van der Waals surface area contributed by atoms with Gasteiger partial charge in [-0.1, -0.05) is 5.92 Å². The standard InChI is InChI=1S/C10H6N2O2/c11-5-2-1-3-9-7-8(10(13)14)4-6-12-9/h4,6-7H,2H2,(H,13,14). The monoisotopic (exact) mass is 186 g/mol. The van der Waals surface area contributed by atoms with Crippen LogP contribution in [0.1, 0.15) is 22.5 Å². The van der Waals surface area contributed by atoms with Crippen LogP contribution in [0.2, 0.25) is 0 Å². The van der Waals surface area contributed by atoms with Crippen molar-refractivity contribution in [3.63, 3.8) is 0 Å². The molecule has 0 amide bonds. The van der Waals surface area contributed by atoms with Gasteiger partial charge in [0.05, 0.1) is 18.1 Å². The van der Waals surface area contributed by atoms with Gasteiger partial charge in [0, 0.05) is 6.20 Å². The Morgan fingerprint density at radius 2 is 2.43 bits per heavy atom. The lowest BCUT2D eigenvalue weighted by Gasteiger charge is -1.92. The quantitative estimate of drug-likeness (QED) is 0.665. The molecule has 0 atom stereocenters. The number of aromatic carboxylic acids is 1. The van der Waals surface area contributed by atoms with Crippen molar-refractivity contribution in [2.24, 2.45) is 0 Å². The zero-order valence-corrected chi connectivity index (χ0v) is 7.19. The minimum absolute atomic E-state index is 0.110. The molecule has 1 aromatic heterocycles. The summed E-state index contributed by atoms with van der Waals surface area (Å²) in [7, 11) is 0. The molecule has 14 heavy (non-hydrogen) atoms. The minimum Gasteiger partial charge on any atom is -0.478 e. The molecule has 1 rings (SSSR count). The molecule has 0 unspecified atom stereocenters. The van der Waals surface area contributed by atoms with E-state index in [9.17, 15) is 4.79 Å². The van der Waals surface area contributed by atoms with Crippen molar-refractivity contribution in [2.45, 2.75) is 6.42 Å². The molecule has 0 saturated heterocycles. The largest absolute Gasteiger partial charge is 0.478 e. The number of pyridine rings is 1. The Morgan fingerprint density at radius 3 is 3.07 bits per heavy atom. The van der Waals surface area contributed by atoms with Gasteiger partial charge >= 0.3 is 5.97 Å². The fourth-order valence-corrected chi connectivity index (χ4v) is 0.806. The van der Waals surface area contributed by atoms with Crippen LogP contribution in [-0.2, 0) is 0 Å². The van der Waals surface area contributed by atoms with Gasteiger partial charge in [0.25, 0.3) is 0 Å². The molecule has 0 aliphatic heterocycles. The summed E-state index contributed by atoms with van der Waals surface area (Å²) in [6, 6.07) is 4.61. The van der Waals surface area contributed by atoms with Crippen LogP contribution in [0.4, 0.5) is 0 Å². The average molecular weight is 186 g/mol. The highest BCUT2D eigenvalue weighted by Gasteiger charge is 2.01. The highest BCUT2D eigenvalue weighted by molar-refractivity contribution is 5.87. The van der Waals surface area contributed by atoms with E-state index < -0.39 is 5.97 Å². The molecule has 0 aliphatic carbocycles. The van der Waals surface area contributed by atoms with Crippen molar-refractivity contribution in [1.29, 1.82) is 5.26 Å². The van der Waals surface area contributed by atoms with Crippen LogP contribution < -0.4 is 0 Å². The number of nitriles is 1. The Balaban J connectivity index is 2.92. The third-order valence-electron chi connectivity index (χ3n) is 1.39. The summed E-state index contributed by atoms with van der Waals surface area (Å²) in [4.78, 5) is 14.4. The first-order valence-electron chi connectivity index (χ1n) is 3.79. The number of aromatic nitrogens is 1. The molecular formula is C10H6N2O2. The van der Waals surface area contributed by atoms with Crippen molar-refractivity contribution in [3.05, 3.63) is 29.6 Å². The van der Waals surface area contributed by atoms with Gasteiger partial charge in [-0.3, -0.25) is 0 Å². The van der Waals surface area contributed by atoms with Crippen LogP contribution in [0, 0.1) is 23.2 Å². The summed E-state index contributed by atoms with van der Waals surface area (Å²) in [6.07, 6.45) is 1.48. The first-order chi connectivity index (χ1) is 6.74.